The molecule has 1 N–H and O–H groups in total. The number of thiophene rings is 1. The fourth-order valence-corrected chi connectivity index (χ4v) is 3.33. The number of nitrogens with one attached hydrogen (secondary N) is 1. The largest absolute Gasteiger partial charge is 0.339 e. The van der Waals surface area contributed by atoms with Gasteiger partial charge in [0, 0.05) is 5.69 Å². The monoisotopic (exact) mass is 415 g/mol. The van der Waals surface area contributed by atoms with Gasteiger partial charge in [0.05, 0.1) is 16.9 Å². The lowest BCUT2D eigenvalue weighted by Gasteiger charge is -2.10. The minimum Gasteiger partial charge on any atom is -0.339 e. The fourth-order valence-electron chi connectivity index (χ4n) is 2.68. The summed E-state index contributed by atoms with van der Waals surface area (Å²) in [4.78, 5) is 17.6. The Morgan fingerprint density at radius 2 is 1.86 bits per heavy atom. The highest BCUT2D eigenvalue weighted by atomic mass is 32.1. The molecule has 5 nitrogen and oxygen atoms in total. The molecule has 0 saturated carbocycles. The lowest BCUT2D eigenvalue weighted by Crippen LogP contribution is -2.16. The number of carbonyl (C=O) groups is 1. The van der Waals surface area contributed by atoms with Crippen LogP contribution in [-0.2, 0) is 6.42 Å². The first-order chi connectivity index (χ1) is 14.0. The molecule has 0 fully saturated rings. The van der Waals surface area contributed by atoms with Gasteiger partial charge in [0.1, 0.15) is 0 Å². The molecule has 2 heterocycles. The van der Waals surface area contributed by atoms with Gasteiger partial charge in [-0.15, -0.1) is 11.3 Å². The lowest BCUT2D eigenvalue weighted by molar-refractivity contribution is 0.102. The van der Waals surface area contributed by atoms with Crippen molar-refractivity contribution < 1.29 is 22.5 Å². The molecule has 2 aromatic heterocycles. The SMILES string of the molecule is O=C(Nc1ccccc1Cc1nc(-c2cccs2)no1)c1ccc(F)c(F)c1F. The Kier molecular flexibility index (Phi) is 5.13. The average Bonchev–Trinajstić information content (AvgIpc) is 3.39. The predicted molar refractivity (Wildman–Crippen MR) is 101 cm³/mol. The summed E-state index contributed by atoms with van der Waals surface area (Å²) in [5.74, 6) is -4.72. The van der Waals surface area contributed by atoms with E-state index in [0.717, 1.165) is 10.9 Å². The Bertz CT molecular complexity index is 1180. The van der Waals surface area contributed by atoms with Crippen LogP contribution in [0.4, 0.5) is 18.9 Å². The smallest absolute Gasteiger partial charge is 0.258 e. The molecule has 0 unspecified atom stereocenters. The van der Waals surface area contributed by atoms with Crippen LogP contribution in [0.2, 0.25) is 0 Å². The van der Waals surface area contributed by atoms with Gasteiger partial charge in [-0.05, 0) is 35.2 Å². The van der Waals surface area contributed by atoms with E-state index in [1.54, 1.807) is 24.3 Å². The normalized spacial score (nSPS) is 10.9. The van der Waals surface area contributed by atoms with E-state index in [0.29, 0.717) is 29.0 Å². The maximum absolute atomic E-state index is 13.9. The molecule has 0 radical (unpaired) electrons. The van der Waals surface area contributed by atoms with Crippen LogP contribution in [0.15, 0.2) is 58.4 Å². The number of para-hydroxylation sites is 1. The van der Waals surface area contributed by atoms with E-state index in [1.807, 2.05) is 17.5 Å². The van der Waals surface area contributed by atoms with Gasteiger partial charge in [-0.25, -0.2) is 13.2 Å². The summed E-state index contributed by atoms with van der Waals surface area (Å²) in [5, 5.41) is 8.34. The molecule has 0 aliphatic carbocycles. The van der Waals surface area contributed by atoms with Crippen molar-refractivity contribution >= 4 is 22.9 Å². The zero-order valence-corrected chi connectivity index (χ0v) is 15.5. The van der Waals surface area contributed by atoms with Crippen molar-refractivity contribution in [2.24, 2.45) is 0 Å². The van der Waals surface area contributed by atoms with Crippen molar-refractivity contribution in [3.05, 3.63) is 88.4 Å². The summed E-state index contributed by atoms with van der Waals surface area (Å²) in [7, 11) is 0. The van der Waals surface area contributed by atoms with Gasteiger partial charge in [0.15, 0.2) is 17.5 Å². The van der Waals surface area contributed by atoms with E-state index in [-0.39, 0.29) is 6.42 Å². The number of rotatable bonds is 5. The molecule has 0 saturated heterocycles. The molecule has 0 atom stereocenters. The maximum atomic E-state index is 13.9. The molecule has 4 rings (SSSR count). The molecule has 0 aliphatic rings. The topological polar surface area (TPSA) is 68.0 Å². The second-order valence-electron chi connectivity index (χ2n) is 6.00. The third-order valence-electron chi connectivity index (χ3n) is 4.10. The first-order valence-corrected chi connectivity index (χ1v) is 9.30. The molecule has 2 aromatic carbocycles. The maximum Gasteiger partial charge on any atom is 0.258 e. The molecule has 9 heteroatoms. The van der Waals surface area contributed by atoms with Gasteiger partial charge >= 0.3 is 0 Å². The standard InChI is InChI=1S/C20H12F3N3O2S/c21-13-8-7-12(17(22)18(13)23)20(27)24-14-5-2-1-4-11(14)10-16-25-19(26-28-16)15-6-3-9-29-15/h1-9H,10H2,(H,24,27). The van der Waals surface area contributed by atoms with Crippen molar-refractivity contribution in [3.8, 4) is 10.7 Å². The van der Waals surface area contributed by atoms with Crippen LogP contribution >= 0.6 is 11.3 Å². The minimum absolute atomic E-state index is 0.217. The molecule has 0 bridgehead atoms. The van der Waals surface area contributed by atoms with Gasteiger partial charge in [-0.2, -0.15) is 4.98 Å². The number of carbonyl (C=O) groups excluding carboxylic acids is 1. The second-order valence-corrected chi connectivity index (χ2v) is 6.95. The predicted octanol–water partition coefficient (Wildman–Crippen LogP) is 5.06. The third kappa shape index (κ3) is 3.90. The van der Waals surface area contributed by atoms with Crippen LogP contribution < -0.4 is 5.32 Å². The van der Waals surface area contributed by atoms with Gasteiger partial charge in [-0.3, -0.25) is 4.79 Å². The molecule has 1 amide bonds. The summed E-state index contributed by atoms with van der Waals surface area (Å²) in [5.41, 5.74) is 0.388. The first kappa shape index (κ1) is 18.9. The number of aromatic nitrogens is 2. The van der Waals surface area contributed by atoms with Crippen LogP contribution in [0.5, 0.6) is 0 Å². The zero-order valence-electron chi connectivity index (χ0n) is 14.7. The Morgan fingerprint density at radius 1 is 1.03 bits per heavy atom. The van der Waals surface area contributed by atoms with E-state index in [4.69, 9.17) is 4.52 Å². The van der Waals surface area contributed by atoms with Gasteiger partial charge in [-0.1, -0.05) is 29.4 Å². The van der Waals surface area contributed by atoms with Crippen molar-refractivity contribution in [2.75, 3.05) is 5.32 Å². The molecular formula is C20H12F3N3O2S. The van der Waals surface area contributed by atoms with Crippen molar-refractivity contribution in [2.45, 2.75) is 6.42 Å². The number of hydrogen-bond donors (Lipinski definition) is 1. The lowest BCUT2D eigenvalue weighted by atomic mass is 10.1. The molecule has 29 heavy (non-hydrogen) atoms. The van der Waals surface area contributed by atoms with E-state index in [2.05, 4.69) is 15.5 Å². The number of halogens is 3. The molecule has 4 aromatic rings. The Balaban J connectivity index is 1.56. The second kappa shape index (κ2) is 7.88. The van der Waals surface area contributed by atoms with Crippen molar-refractivity contribution in [1.29, 1.82) is 0 Å². The van der Waals surface area contributed by atoms with Gasteiger partial charge in [0.25, 0.3) is 5.91 Å². The Labute approximate surface area is 166 Å². The Hall–Kier alpha value is -3.46. The number of hydrogen-bond acceptors (Lipinski definition) is 5. The van der Waals surface area contributed by atoms with Gasteiger partial charge in [0.2, 0.25) is 11.7 Å². The van der Waals surface area contributed by atoms with E-state index >= 15 is 0 Å². The molecule has 0 aliphatic heterocycles. The van der Waals surface area contributed by atoms with E-state index in [9.17, 15) is 18.0 Å². The van der Waals surface area contributed by atoms with E-state index < -0.39 is 28.9 Å². The quantitative estimate of drug-likeness (QED) is 0.463. The highest BCUT2D eigenvalue weighted by Crippen LogP contribution is 2.24. The van der Waals surface area contributed by atoms with Crippen LogP contribution in [0.25, 0.3) is 10.7 Å². The Morgan fingerprint density at radius 3 is 2.66 bits per heavy atom. The molecule has 146 valence electrons. The number of amides is 1. The van der Waals surface area contributed by atoms with E-state index in [1.165, 1.54) is 11.3 Å². The fraction of sp³-hybridized carbons (Fsp3) is 0.0500. The summed E-state index contributed by atoms with van der Waals surface area (Å²) < 4.78 is 45.7. The first-order valence-electron chi connectivity index (χ1n) is 8.42. The minimum atomic E-state index is -1.70. The van der Waals surface area contributed by atoms with Crippen molar-refractivity contribution in [3.63, 3.8) is 0 Å². The van der Waals surface area contributed by atoms with Crippen LogP contribution in [-0.4, -0.2) is 16.0 Å². The third-order valence-corrected chi connectivity index (χ3v) is 4.96. The number of nitrogens with zero attached hydrogens (tertiary/aromatic N) is 2. The molecular weight excluding hydrogens is 403 g/mol. The number of anilines is 1. The summed E-state index contributed by atoms with van der Waals surface area (Å²) in [6, 6.07) is 12.1. The zero-order chi connectivity index (χ0) is 20.4. The average molecular weight is 415 g/mol. The van der Waals surface area contributed by atoms with Crippen LogP contribution in [0, 0.1) is 17.5 Å². The summed E-state index contributed by atoms with van der Waals surface area (Å²) >= 11 is 1.47. The van der Waals surface area contributed by atoms with Crippen LogP contribution in [0.1, 0.15) is 21.8 Å². The highest BCUT2D eigenvalue weighted by molar-refractivity contribution is 7.13. The summed E-state index contributed by atoms with van der Waals surface area (Å²) in [6.45, 7) is 0. The van der Waals surface area contributed by atoms with Crippen molar-refractivity contribution in [1.82, 2.24) is 10.1 Å². The van der Waals surface area contributed by atoms with Gasteiger partial charge < -0.3 is 9.84 Å². The highest BCUT2D eigenvalue weighted by Gasteiger charge is 2.20. The molecule has 0 spiro atoms. The summed E-state index contributed by atoms with van der Waals surface area (Å²) in [6.07, 6.45) is 0.217. The van der Waals surface area contributed by atoms with Crippen LogP contribution in [0.3, 0.4) is 0 Å². The number of benzene rings is 2.